The fourth-order valence-corrected chi connectivity index (χ4v) is 2.19. The van der Waals surface area contributed by atoms with E-state index >= 15 is 0 Å². The van der Waals surface area contributed by atoms with Crippen LogP contribution in [-0.4, -0.2) is 29.7 Å². The minimum atomic E-state index is 0.583. The van der Waals surface area contributed by atoms with Gasteiger partial charge in [0, 0.05) is 18.6 Å². The lowest BCUT2D eigenvalue weighted by atomic mass is 10.1. The van der Waals surface area contributed by atoms with Gasteiger partial charge in [0.1, 0.15) is 0 Å². The maximum atomic E-state index is 3.56. The van der Waals surface area contributed by atoms with Gasteiger partial charge in [0.2, 0.25) is 0 Å². The van der Waals surface area contributed by atoms with Crippen molar-refractivity contribution in [3.05, 3.63) is 0 Å². The Bertz CT molecular complexity index is 143. The summed E-state index contributed by atoms with van der Waals surface area (Å²) in [5, 5.41) is 3.56. The molecule has 2 atom stereocenters. The molecule has 0 aromatic carbocycles. The van der Waals surface area contributed by atoms with Crippen LogP contribution < -0.4 is 5.32 Å². The SMILES string of the molecule is CC(C)C1NC[C@H](C)N1C(C)C. The molecule has 0 radical (unpaired) electrons. The second kappa shape index (κ2) is 3.75. The molecule has 2 heteroatoms. The van der Waals surface area contributed by atoms with Crippen LogP contribution in [0.15, 0.2) is 0 Å². The molecule has 1 N–H and O–H groups in total. The van der Waals surface area contributed by atoms with Crippen molar-refractivity contribution < 1.29 is 0 Å². The molecule has 0 bridgehead atoms. The molecule has 0 aromatic rings. The minimum absolute atomic E-state index is 0.583. The molecule has 1 saturated heterocycles. The van der Waals surface area contributed by atoms with E-state index in [0.717, 1.165) is 6.54 Å². The number of nitrogens with one attached hydrogen (secondary N) is 1. The van der Waals surface area contributed by atoms with Crippen molar-refractivity contribution in [2.75, 3.05) is 6.54 Å². The van der Waals surface area contributed by atoms with E-state index in [-0.39, 0.29) is 0 Å². The van der Waals surface area contributed by atoms with Gasteiger partial charge in [0.05, 0.1) is 6.17 Å². The highest BCUT2D eigenvalue weighted by molar-refractivity contribution is 4.88. The highest BCUT2D eigenvalue weighted by atomic mass is 15.4. The van der Waals surface area contributed by atoms with Crippen molar-refractivity contribution in [1.29, 1.82) is 0 Å². The third kappa shape index (κ3) is 1.80. The lowest BCUT2D eigenvalue weighted by Gasteiger charge is -2.33. The molecule has 1 rings (SSSR count). The summed E-state index contributed by atoms with van der Waals surface area (Å²) in [4.78, 5) is 2.57. The van der Waals surface area contributed by atoms with E-state index in [2.05, 4.69) is 44.8 Å². The summed E-state index contributed by atoms with van der Waals surface area (Å²) < 4.78 is 0. The van der Waals surface area contributed by atoms with E-state index in [9.17, 15) is 0 Å². The Hall–Kier alpha value is -0.0800. The van der Waals surface area contributed by atoms with E-state index in [4.69, 9.17) is 0 Å². The fraction of sp³-hybridized carbons (Fsp3) is 1.00. The van der Waals surface area contributed by atoms with E-state index < -0.39 is 0 Å². The molecule has 72 valence electrons. The summed E-state index contributed by atoms with van der Waals surface area (Å²) in [7, 11) is 0. The van der Waals surface area contributed by atoms with Crippen molar-refractivity contribution in [3.63, 3.8) is 0 Å². The molecule has 0 saturated carbocycles. The molecular weight excluding hydrogens is 148 g/mol. The molecule has 1 aliphatic heterocycles. The Morgan fingerprint density at radius 3 is 2.17 bits per heavy atom. The molecule has 1 aliphatic rings. The Labute approximate surface area is 76.3 Å². The van der Waals surface area contributed by atoms with E-state index in [1.807, 2.05) is 0 Å². The summed E-state index contributed by atoms with van der Waals surface area (Å²) in [5.41, 5.74) is 0. The normalized spacial score (nSPS) is 32.2. The number of rotatable bonds is 2. The molecule has 1 unspecified atom stereocenters. The van der Waals surface area contributed by atoms with Gasteiger partial charge in [-0.1, -0.05) is 13.8 Å². The van der Waals surface area contributed by atoms with Crippen molar-refractivity contribution in [1.82, 2.24) is 10.2 Å². The van der Waals surface area contributed by atoms with Crippen LogP contribution in [0.25, 0.3) is 0 Å². The summed E-state index contributed by atoms with van der Waals surface area (Å²) in [6, 6.07) is 1.35. The smallest absolute Gasteiger partial charge is 0.0626 e. The van der Waals surface area contributed by atoms with Crippen LogP contribution in [-0.2, 0) is 0 Å². The molecular formula is C10H22N2. The zero-order chi connectivity index (χ0) is 9.30. The lowest BCUT2D eigenvalue weighted by molar-refractivity contribution is 0.120. The molecule has 1 fully saturated rings. The van der Waals surface area contributed by atoms with Gasteiger partial charge >= 0.3 is 0 Å². The summed E-state index contributed by atoms with van der Waals surface area (Å²) in [6.07, 6.45) is 0.583. The van der Waals surface area contributed by atoms with Gasteiger partial charge in [0.15, 0.2) is 0 Å². The van der Waals surface area contributed by atoms with E-state index in [1.165, 1.54) is 0 Å². The lowest BCUT2D eigenvalue weighted by Crippen LogP contribution is -2.45. The second-order valence-corrected chi connectivity index (χ2v) is 4.49. The van der Waals surface area contributed by atoms with Gasteiger partial charge in [-0.25, -0.2) is 0 Å². The third-order valence-electron chi connectivity index (χ3n) is 2.68. The Kier molecular flexibility index (Phi) is 3.13. The average Bonchev–Trinajstić information content (AvgIpc) is 2.30. The summed E-state index contributed by atoms with van der Waals surface area (Å²) in [6.45, 7) is 12.6. The maximum Gasteiger partial charge on any atom is 0.0626 e. The zero-order valence-electron chi connectivity index (χ0n) is 8.96. The first kappa shape index (κ1) is 10.0. The van der Waals surface area contributed by atoms with Crippen molar-refractivity contribution in [3.8, 4) is 0 Å². The number of hydrogen-bond acceptors (Lipinski definition) is 2. The Morgan fingerprint density at radius 2 is 1.83 bits per heavy atom. The van der Waals surface area contributed by atoms with Crippen LogP contribution in [0, 0.1) is 5.92 Å². The zero-order valence-corrected chi connectivity index (χ0v) is 8.96. The molecule has 12 heavy (non-hydrogen) atoms. The van der Waals surface area contributed by atoms with Crippen molar-refractivity contribution in [2.45, 2.75) is 52.9 Å². The predicted octanol–water partition coefficient (Wildman–Crippen LogP) is 1.67. The molecule has 0 aliphatic carbocycles. The van der Waals surface area contributed by atoms with Crippen LogP contribution >= 0.6 is 0 Å². The van der Waals surface area contributed by atoms with Crippen LogP contribution in [0.4, 0.5) is 0 Å². The summed E-state index contributed by atoms with van der Waals surface area (Å²) >= 11 is 0. The molecule has 2 nitrogen and oxygen atoms in total. The number of nitrogens with zero attached hydrogens (tertiary/aromatic N) is 1. The van der Waals surface area contributed by atoms with Crippen LogP contribution in [0.2, 0.25) is 0 Å². The standard InChI is InChI=1S/C10H22N2/c1-7(2)10-11-6-9(5)12(10)8(3)4/h7-11H,6H2,1-5H3/t9-,10?/m0/s1. The topological polar surface area (TPSA) is 15.3 Å². The second-order valence-electron chi connectivity index (χ2n) is 4.49. The highest BCUT2D eigenvalue weighted by Crippen LogP contribution is 2.20. The van der Waals surface area contributed by atoms with Crippen LogP contribution in [0.1, 0.15) is 34.6 Å². The third-order valence-corrected chi connectivity index (χ3v) is 2.68. The van der Waals surface area contributed by atoms with Gasteiger partial charge in [-0.05, 0) is 26.7 Å². The predicted molar refractivity (Wildman–Crippen MR) is 53.1 cm³/mol. The molecule has 0 aromatic heterocycles. The quantitative estimate of drug-likeness (QED) is 0.678. The van der Waals surface area contributed by atoms with Crippen molar-refractivity contribution >= 4 is 0 Å². The van der Waals surface area contributed by atoms with Gasteiger partial charge in [0.25, 0.3) is 0 Å². The van der Waals surface area contributed by atoms with Crippen LogP contribution in [0.5, 0.6) is 0 Å². The first-order valence-electron chi connectivity index (χ1n) is 5.05. The average molecular weight is 170 g/mol. The first-order valence-corrected chi connectivity index (χ1v) is 5.05. The molecule has 1 heterocycles. The Balaban J connectivity index is 2.64. The number of hydrogen-bond donors (Lipinski definition) is 1. The van der Waals surface area contributed by atoms with Gasteiger partial charge in [-0.15, -0.1) is 0 Å². The fourth-order valence-electron chi connectivity index (χ4n) is 2.19. The summed E-state index contributed by atoms with van der Waals surface area (Å²) in [5.74, 6) is 0.706. The molecule has 0 amide bonds. The van der Waals surface area contributed by atoms with E-state index in [1.54, 1.807) is 0 Å². The monoisotopic (exact) mass is 170 g/mol. The largest absolute Gasteiger partial charge is 0.300 e. The van der Waals surface area contributed by atoms with Gasteiger partial charge < -0.3 is 0 Å². The van der Waals surface area contributed by atoms with Crippen LogP contribution in [0.3, 0.4) is 0 Å². The van der Waals surface area contributed by atoms with Gasteiger partial charge in [-0.2, -0.15) is 0 Å². The van der Waals surface area contributed by atoms with Crippen molar-refractivity contribution in [2.24, 2.45) is 5.92 Å². The highest BCUT2D eigenvalue weighted by Gasteiger charge is 2.33. The first-order chi connectivity index (χ1) is 5.54. The minimum Gasteiger partial charge on any atom is -0.300 e. The molecule has 0 spiro atoms. The maximum absolute atomic E-state index is 3.56. The van der Waals surface area contributed by atoms with Gasteiger partial charge in [-0.3, -0.25) is 10.2 Å². The van der Waals surface area contributed by atoms with E-state index in [0.29, 0.717) is 24.2 Å². The Morgan fingerprint density at radius 1 is 1.25 bits per heavy atom.